The largest absolute Gasteiger partial charge is 0.325 e. The summed E-state index contributed by atoms with van der Waals surface area (Å²) in [5, 5.41) is 2.87. The molecule has 1 atom stereocenters. The van der Waals surface area contributed by atoms with Crippen LogP contribution in [-0.2, 0) is 0 Å². The van der Waals surface area contributed by atoms with Crippen molar-refractivity contribution in [1.82, 2.24) is 4.90 Å². The molecular weight excluding hydrogens is 224 g/mol. The Morgan fingerprint density at radius 1 is 1.56 bits per heavy atom. The summed E-state index contributed by atoms with van der Waals surface area (Å²) in [6.07, 6.45) is 7.79. The maximum atomic E-state index is 12.0. The summed E-state index contributed by atoms with van der Waals surface area (Å²) in [6, 6.07) is 7.54. The highest BCUT2D eigenvalue weighted by Gasteiger charge is 2.32. The smallest absolute Gasteiger partial charge is 0.321 e. The zero-order valence-corrected chi connectivity index (χ0v) is 10.8. The van der Waals surface area contributed by atoms with E-state index in [2.05, 4.69) is 18.2 Å². The van der Waals surface area contributed by atoms with Crippen molar-refractivity contribution in [2.24, 2.45) is 5.92 Å². The molecule has 0 aromatic heterocycles. The molecule has 1 aromatic rings. The van der Waals surface area contributed by atoms with Crippen LogP contribution in [0.25, 0.3) is 0 Å². The highest BCUT2D eigenvalue weighted by Crippen LogP contribution is 2.34. The normalized spacial score (nSPS) is 15.6. The first-order chi connectivity index (χ1) is 8.61. The average Bonchev–Trinajstić information content (AvgIpc) is 3.21. The minimum Gasteiger partial charge on any atom is -0.325 e. The van der Waals surface area contributed by atoms with E-state index in [1.807, 2.05) is 25.2 Å². The van der Waals surface area contributed by atoms with Crippen molar-refractivity contribution >= 4 is 11.7 Å². The molecule has 0 saturated heterocycles. The third-order valence-corrected chi connectivity index (χ3v) is 3.52. The summed E-state index contributed by atoms with van der Waals surface area (Å²) in [4.78, 5) is 13.8. The van der Waals surface area contributed by atoms with E-state index in [4.69, 9.17) is 6.42 Å². The van der Waals surface area contributed by atoms with E-state index in [-0.39, 0.29) is 6.03 Å². The Kier molecular flexibility index (Phi) is 3.57. The van der Waals surface area contributed by atoms with E-state index in [9.17, 15) is 4.79 Å². The number of rotatable bonds is 3. The molecule has 94 valence electrons. The molecule has 1 saturated carbocycles. The number of anilines is 1. The molecule has 1 N–H and O–H groups in total. The summed E-state index contributed by atoms with van der Waals surface area (Å²) in [7, 11) is 1.84. The second kappa shape index (κ2) is 5.14. The van der Waals surface area contributed by atoms with Crippen LogP contribution in [0.4, 0.5) is 10.5 Å². The van der Waals surface area contributed by atoms with Gasteiger partial charge in [-0.25, -0.2) is 4.79 Å². The fraction of sp³-hybridized carbons (Fsp3) is 0.400. The highest BCUT2D eigenvalue weighted by atomic mass is 16.2. The van der Waals surface area contributed by atoms with Crippen molar-refractivity contribution in [3.63, 3.8) is 0 Å². The Morgan fingerprint density at radius 2 is 2.28 bits per heavy atom. The van der Waals surface area contributed by atoms with Crippen LogP contribution in [0.2, 0.25) is 0 Å². The SMILES string of the molecule is C#Cc1cccc(NC(=O)N(C)C(C)C2CC2)c1. The lowest BCUT2D eigenvalue weighted by Gasteiger charge is -2.25. The number of amides is 2. The van der Waals surface area contributed by atoms with E-state index >= 15 is 0 Å². The first kappa shape index (κ1) is 12.5. The zero-order valence-electron chi connectivity index (χ0n) is 10.8. The third-order valence-electron chi connectivity index (χ3n) is 3.52. The van der Waals surface area contributed by atoms with Gasteiger partial charge >= 0.3 is 6.03 Å². The van der Waals surface area contributed by atoms with Crippen molar-refractivity contribution in [3.8, 4) is 12.3 Å². The van der Waals surface area contributed by atoms with E-state index in [0.29, 0.717) is 12.0 Å². The molecule has 0 spiro atoms. The minimum atomic E-state index is -0.0800. The predicted octanol–water partition coefficient (Wildman–Crippen LogP) is 2.93. The summed E-state index contributed by atoms with van der Waals surface area (Å²) >= 11 is 0. The molecule has 1 fully saturated rings. The lowest BCUT2D eigenvalue weighted by atomic mass is 10.2. The maximum Gasteiger partial charge on any atom is 0.321 e. The molecule has 2 amide bonds. The quantitative estimate of drug-likeness (QED) is 0.812. The van der Waals surface area contributed by atoms with Gasteiger partial charge in [0.2, 0.25) is 0 Å². The van der Waals surface area contributed by atoms with Gasteiger partial charge in [0, 0.05) is 24.3 Å². The molecule has 2 rings (SSSR count). The van der Waals surface area contributed by atoms with Gasteiger partial charge in [-0.2, -0.15) is 0 Å². The molecule has 3 heteroatoms. The monoisotopic (exact) mass is 242 g/mol. The van der Waals surface area contributed by atoms with Crippen molar-refractivity contribution in [2.75, 3.05) is 12.4 Å². The van der Waals surface area contributed by atoms with Crippen LogP contribution >= 0.6 is 0 Å². The Balaban J connectivity index is 1.99. The topological polar surface area (TPSA) is 32.3 Å². The standard InChI is InChI=1S/C15H18N2O/c1-4-12-6-5-7-14(10-12)16-15(18)17(3)11(2)13-8-9-13/h1,5-7,10-11,13H,8-9H2,2-3H3,(H,16,18). The number of carbonyl (C=O) groups is 1. The maximum absolute atomic E-state index is 12.0. The molecule has 18 heavy (non-hydrogen) atoms. The van der Waals surface area contributed by atoms with Gasteiger partial charge in [0.05, 0.1) is 0 Å². The lowest BCUT2D eigenvalue weighted by molar-refractivity contribution is 0.201. The molecule has 1 aliphatic carbocycles. The van der Waals surface area contributed by atoms with Gasteiger partial charge < -0.3 is 10.2 Å². The fourth-order valence-electron chi connectivity index (χ4n) is 1.98. The lowest BCUT2D eigenvalue weighted by Crippen LogP contribution is -2.39. The number of urea groups is 1. The van der Waals surface area contributed by atoms with Crippen molar-refractivity contribution in [1.29, 1.82) is 0 Å². The molecule has 1 aromatic carbocycles. The molecule has 0 bridgehead atoms. The van der Waals surface area contributed by atoms with Crippen molar-refractivity contribution < 1.29 is 4.79 Å². The number of hydrogen-bond donors (Lipinski definition) is 1. The second-order valence-corrected chi connectivity index (χ2v) is 4.84. The van der Waals surface area contributed by atoms with Gasteiger partial charge in [-0.3, -0.25) is 0 Å². The van der Waals surface area contributed by atoms with Crippen LogP contribution in [-0.4, -0.2) is 24.0 Å². The molecule has 0 heterocycles. The number of benzene rings is 1. The molecule has 3 nitrogen and oxygen atoms in total. The molecule has 0 aliphatic heterocycles. The van der Waals surface area contributed by atoms with Gasteiger partial charge in [0.25, 0.3) is 0 Å². The van der Waals surface area contributed by atoms with Gasteiger partial charge in [-0.1, -0.05) is 12.0 Å². The van der Waals surface area contributed by atoms with Crippen LogP contribution < -0.4 is 5.32 Å². The van der Waals surface area contributed by atoms with Crippen LogP contribution in [0.15, 0.2) is 24.3 Å². The number of carbonyl (C=O) groups excluding carboxylic acids is 1. The Hall–Kier alpha value is -1.95. The van der Waals surface area contributed by atoms with Crippen molar-refractivity contribution in [3.05, 3.63) is 29.8 Å². The van der Waals surface area contributed by atoms with E-state index in [1.54, 1.807) is 11.0 Å². The Bertz CT molecular complexity index is 486. The zero-order chi connectivity index (χ0) is 13.1. The number of hydrogen-bond acceptors (Lipinski definition) is 1. The molecular formula is C15H18N2O. The summed E-state index contributed by atoms with van der Waals surface area (Å²) in [6.45, 7) is 2.09. The van der Waals surface area contributed by atoms with E-state index in [1.165, 1.54) is 12.8 Å². The molecule has 0 radical (unpaired) electrons. The van der Waals surface area contributed by atoms with Crippen LogP contribution in [0.5, 0.6) is 0 Å². The Labute approximate surface area is 108 Å². The van der Waals surface area contributed by atoms with Gasteiger partial charge in [0.15, 0.2) is 0 Å². The number of terminal acetylenes is 1. The van der Waals surface area contributed by atoms with Gasteiger partial charge in [-0.05, 0) is 43.9 Å². The first-order valence-corrected chi connectivity index (χ1v) is 6.22. The summed E-state index contributed by atoms with van der Waals surface area (Å²) < 4.78 is 0. The summed E-state index contributed by atoms with van der Waals surface area (Å²) in [5.74, 6) is 3.22. The number of nitrogens with one attached hydrogen (secondary N) is 1. The molecule has 1 aliphatic rings. The van der Waals surface area contributed by atoms with Crippen LogP contribution in [0.1, 0.15) is 25.3 Å². The number of nitrogens with zero attached hydrogens (tertiary/aromatic N) is 1. The first-order valence-electron chi connectivity index (χ1n) is 6.22. The third kappa shape index (κ3) is 2.84. The van der Waals surface area contributed by atoms with Gasteiger partial charge in [0.1, 0.15) is 0 Å². The molecule has 1 unspecified atom stereocenters. The average molecular weight is 242 g/mol. The van der Waals surface area contributed by atoms with Crippen LogP contribution in [0.3, 0.4) is 0 Å². The fourth-order valence-corrected chi connectivity index (χ4v) is 1.98. The Morgan fingerprint density at radius 3 is 2.89 bits per heavy atom. The second-order valence-electron chi connectivity index (χ2n) is 4.84. The van der Waals surface area contributed by atoms with Crippen LogP contribution in [0, 0.1) is 18.3 Å². The predicted molar refractivity (Wildman–Crippen MR) is 73.3 cm³/mol. The van der Waals surface area contributed by atoms with E-state index in [0.717, 1.165) is 11.3 Å². The summed E-state index contributed by atoms with van der Waals surface area (Å²) in [5.41, 5.74) is 1.51. The van der Waals surface area contributed by atoms with Crippen molar-refractivity contribution in [2.45, 2.75) is 25.8 Å². The highest BCUT2D eigenvalue weighted by molar-refractivity contribution is 5.89. The van der Waals surface area contributed by atoms with Gasteiger partial charge in [-0.15, -0.1) is 6.42 Å². The minimum absolute atomic E-state index is 0.0800. The van der Waals surface area contributed by atoms with E-state index < -0.39 is 0 Å².